The zero-order valence-corrected chi connectivity index (χ0v) is 13.8. The summed E-state index contributed by atoms with van der Waals surface area (Å²) in [5, 5.41) is 4.48. The van der Waals surface area contributed by atoms with Gasteiger partial charge in [0.15, 0.2) is 0 Å². The van der Waals surface area contributed by atoms with E-state index in [9.17, 15) is 4.21 Å². The van der Waals surface area contributed by atoms with Crippen LogP contribution in [0, 0.1) is 5.92 Å². The molecule has 1 fully saturated rings. The van der Waals surface area contributed by atoms with Gasteiger partial charge < -0.3 is 5.32 Å². The van der Waals surface area contributed by atoms with Crippen molar-refractivity contribution in [1.29, 1.82) is 0 Å². The highest BCUT2D eigenvalue weighted by Crippen LogP contribution is 2.29. The Morgan fingerprint density at radius 2 is 2.10 bits per heavy atom. The molecule has 0 aliphatic heterocycles. The number of benzene rings is 1. The van der Waals surface area contributed by atoms with Crippen LogP contribution < -0.4 is 5.32 Å². The largest absolute Gasteiger partial charge is 0.313 e. The molecular weight excluding hydrogens is 290 g/mol. The normalized spacial score (nSPS) is 28.2. The summed E-state index contributed by atoms with van der Waals surface area (Å²) in [6.45, 7) is 5.33. The predicted molar refractivity (Wildman–Crippen MR) is 87.6 cm³/mol. The van der Waals surface area contributed by atoms with Crippen LogP contribution in [0.25, 0.3) is 0 Å². The average molecular weight is 314 g/mol. The fourth-order valence-corrected chi connectivity index (χ4v) is 5.19. The van der Waals surface area contributed by atoms with Crippen molar-refractivity contribution in [3.63, 3.8) is 0 Å². The number of halogens is 1. The van der Waals surface area contributed by atoms with Gasteiger partial charge in [-0.15, -0.1) is 0 Å². The van der Waals surface area contributed by atoms with Crippen LogP contribution in [-0.2, 0) is 16.6 Å². The van der Waals surface area contributed by atoms with E-state index in [1.807, 2.05) is 24.3 Å². The van der Waals surface area contributed by atoms with Crippen molar-refractivity contribution in [2.24, 2.45) is 5.92 Å². The molecule has 0 radical (unpaired) electrons. The monoisotopic (exact) mass is 313 g/mol. The first-order chi connectivity index (χ1) is 9.61. The van der Waals surface area contributed by atoms with E-state index in [0.717, 1.165) is 30.0 Å². The van der Waals surface area contributed by atoms with Gasteiger partial charge in [-0.2, -0.15) is 0 Å². The van der Waals surface area contributed by atoms with Crippen LogP contribution >= 0.6 is 11.6 Å². The number of rotatable bonds is 5. The Bertz CT molecular complexity index is 466. The van der Waals surface area contributed by atoms with Crippen LogP contribution in [0.1, 0.15) is 38.7 Å². The molecule has 20 heavy (non-hydrogen) atoms. The van der Waals surface area contributed by atoms with Crippen molar-refractivity contribution in [2.75, 3.05) is 6.54 Å². The molecule has 2 rings (SSSR count). The lowest BCUT2D eigenvalue weighted by atomic mass is 9.87. The molecule has 0 heterocycles. The van der Waals surface area contributed by atoms with Crippen LogP contribution in [0.15, 0.2) is 24.3 Å². The molecule has 1 aliphatic rings. The van der Waals surface area contributed by atoms with Crippen molar-refractivity contribution >= 4 is 22.4 Å². The molecule has 1 aromatic rings. The minimum atomic E-state index is -0.867. The van der Waals surface area contributed by atoms with E-state index < -0.39 is 10.8 Å². The second-order valence-electron chi connectivity index (χ2n) is 5.74. The van der Waals surface area contributed by atoms with E-state index in [4.69, 9.17) is 11.6 Å². The Kier molecular flexibility index (Phi) is 6.06. The van der Waals surface area contributed by atoms with Gasteiger partial charge in [-0.1, -0.05) is 43.6 Å². The molecule has 4 unspecified atom stereocenters. The van der Waals surface area contributed by atoms with Crippen LogP contribution in [0.3, 0.4) is 0 Å². The smallest absolute Gasteiger partial charge is 0.0507 e. The van der Waals surface area contributed by atoms with Gasteiger partial charge in [-0.3, -0.25) is 4.21 Å². The molecule has 1 aliphatic carbocycles. The molecule has 0 amide bonds. The Morgan fingerprint density at radius 3 is 2.80 bits per heavy atom. The summed E-state index contributed by atoms with van der Waals surface area (Å²) in [4.78, 5) is 0. The quantitative estimate of drug-likeness (QED) is 0.897. The highest BCUT2D eigenvalue weighted by Gasteiger charge is 2.32. The second kappa shape index (κ2) is 7.58. The number of hydrogen-bond acceptors (Lipinski definition) is 2. The topological polar surface area (TPSA) is 29.1 Å². The fourth-order valence-electron chi connectivity index (χ4n) is 2.99. The highest BCUT2D eigenvalue weighted by atomic mass is 35.5. The minimum absolute atomic E-state index is 0.245. The molecule has 2 nitrogen and oxygen atoms in total. The number of hydrogen-bond donors (Lipinski definition) is 1. The number of nitrogens with one attached hydrogen (secondary N) is 1. The Hall–Kier alpha value is -0.380. The summed E-state index contributed by atoms with van der Waals surface area (Å²) in [5.74, 6) is 1.24. The third-order valence-electron chi connectivity index (χ3n) is 4.11. The summed E-state index contributed by atoms with van der Waals surface area (Å²) >= 11 is 6.18. The summed E-state index contributed by atoms with van der Waals surface area (Å²) in [6.07, 6.45) is 3.42. The fraction of sp³-hybridized carbons (Fsp3) is 0.625. The molecule has 0 aromatic heterocycles. The van der Waals surface area contributed by atoms with Gasteiger partial charge >= 0.3 is 0 Å². The van der Waals surface area contributed by atoms with E-state index >= 15 is 0 Å². The van der Waals surface area contributed by atoms with Gasteiger partial charge in [-0.25, -0.2) is 0 Å². The van der Waals surface area contributed by atoms with Gasteiger partial charge in [0.25, 0.3) is 0 Å². The predicted octanol–water partition coefficient (Wildman–Crippen LogP) is 3.76. The summed E-state index contributed by atoms with van der Waals surface area (Å²) in [5.41, 5.74) is 1.00. The van der Waals surface area contributed by atoms with Crippen LogP contribution in [0.2, 0.25) is 5.02 Å². The third kappa shape index (κ3) is 4.06. The minimum Gasteiger partial charge on any atom is -0.313 e. The van der Waals surface area contributed by atoms with Gasteiger partial charge in [-0.05, 0) is 43.4 Å². The zero-order valence-electron chi connectivity index (χ0n) is 12.3. The van der Waals surface area contributed by atoms with Crippen molar-refractivity contribution in [1.82, 2.24) is 5.32 Å². The molecule has 0 bridgehead atoms. The Balaban J connectivity index is 2.07. The summed E-state index contributed by atoms with van der Waals surface area (Å²) in [6, 6.07) is 8.12. The SMILES string of the molecule is CCNC1CCC(C)CC1S(=O)Cc1ccccc1Cl. The Morgan fingerprint density at radius 1 is 1.35 bits per heavy atom. The van der Waals surface area contributed by atoms with E-state index in [1.165, 1.54) is 6.42 Å². The standard InChI is InChI=1S/C16H24ClNOS/c1-3-18-15-9-8-12(2)10-16(15)20(19)11-13-6-4-5-7-14(13)17/h4-7,12,15-16,18H,3,8-11H2,1-2H3. The van der Waals surface area contributed by atoms with Gasteiger partial charge in [0, 0.05) is 21.9 Å². The molecule has 4 atom stereocenters. The molecule has 4 heteroatoms. The van der Waals surface area contributed by atoms with Crippen molar-refractivity contribution in [3.05, 3.63) is 34.9 Å². The van der Waals surface area contributed by atoms with E-state index in [0.29, 0.717) is 17.7 Å². The van der Waals surface area contributed by atoms with E-state index in [2.05, 4.69) is 19.2 Å². The van der Waals surface area contributed by atoms with Crippen LogP contribution in [-0.4, -0.2) is 22.0 Å². The summed E-state index contributed by atoms with van der Waals surface area (Å²) in [7, 11) is -0.867. The third-order valence-corrected chi connectivity index (χ3v) is 6.27. The Labute approximate surface area is 129 Å². The van der Waals surface area contributed by atoms with E-state index in [1.54, 1.807) is 0 Å². The summed E-state index contributed by atoms with van der Waals surface area (Å²) < 4.78 is 12.8. The maximum Gasteiger partial charge on any atom is 0.0507 e. The molecule has 0 spiro atoms. The van der Waals surface area contributed by atoms with Gasteiger partial charge in [0.05, 0.1) is 11.0 Å². The molecule has 1 aromatic carbocycles. The van der Waals surface area contributed by atoms with Crippen molar-refractivity contribution in [3.8, 4) is 0 Å². The zero-order chi connectivity index (χ0) is 14.5. The van der Waals surface area contributed by atoms with Crippen molar-refractivity contribution < 1.29 is 4.21 Å². The van der Waals surface area contributed by atoms with Crippen LogP contribution in [0.5, 0.6) is 0 Å². The lowest BCUT2D eigenvalue weighted by Crippen LogP contribution is -2.46. The maximum absolute atomic E-state index is 12.8. The van der Waals surface area contributed by atoms with Crippen LogP contribution in [0.4, 0.5) is 0 Å². The maximum atomic E-state index is 12.8. The van der Waals surface area contributed by atoms with E-state index in [-0.39, 0.29) is 5.25 Å². The lowest BCUT2D eigenvalue weighted by Gasteiger charge is -2.34. The van der Waals surface area contributed by atoms with Crippen molar-refractivity contribution in [2.45, 2.75) is 50.2 Å². The average Bonchev–Trinajstić information content (AvgIpc) is 2.43. The molecule has 112 valence electrons. The lowest BCUT2D eigenvalue weighted by molar-refractivity contribution is 0.316. The first-order valence-corrected chi connectivity index (χ1v) is 9.21. The van der Waals surface area contributed by atoms with Gasteiger partial charge in [0.1, 0.15) is 0 Å². The highest BCUT2D eigenvalue weighted by molar-refractivity contribution is 7.84. The first kappa shape index (κ1) is 16.0. The first-order valence-electron chi connectivity index (χ1n) is 7.45. The van der Waals surface area contributed by atoms with Gasteiger partial charge in [0.2, 0.25) is 0 Å². The molecular formula is C16H24ClNOS. The molecule has 0 saturated heterocycles. The second-order valence-corrected chi connectivity index (χ2v) is 7.80. The molecule has 1 saturated carbocycles. The molecule has 1 N–H and O–H groups in total.